The largest absolute Gasteiger partial charge is 0.508 e. The Bertz CT molecular complexity index is 931. The van der Waals surface area contributed by atoms with Gasteiger partial charge < -0.3 is 14.6 Å². The normalized spacial score (nSPS) is 28.7. The molecule has 1 aliphatic heterocycles. The lowest BCUT2D eigenvalue weighted by Crippen LogP contribution is -2.51. The summed E-state index contributed by atoms with van der Waals surface area (Å²) in [5, 5.41) is 25.9. The van der Waals surface area contributed by atoms with E-state index in [0.717, 1.165) is 0 Å². The number of nitro groups is 1. The van der Waals surface area contributed by atoms with Crippen LogP contribution in [0.3, 0.4) is 0 Å². The van der Waals surface area contributed by atoms with E-state index in [0.29, 0.717) is 16.9 Å². The number of hydrogen-bond acceptors (Lipinski definition) is 7. The van der Waals surface area contributed by atoms with Gasteiger partial charge in [-0.1, -0.05) is 30.3 Å². The molecule has 1 heterocycles. The van der Waals surface area contributed by atoms with Crippen LogP contribution in [0.2, 0.25) is 0 Å². The van der Waals surface area contributed by atoms with Gasteiger partial charge in [-0.2, -0.15) is 0 Å². The molecule has 0 aliphatic carbocycles. The second-order valence-corrected chi connectivity index (χ2v) is 7.52. The first-order valence-corrected chi connectivity index (χ1v) is 9.12. The maximum absolute atomic E-state index is 12.8. The Hall–Kier alpha value is -3.13. The number of aromatic hydroxyl groups is 1. The summed E-state index contributed by atoms with van der Waals surface area (Å²) in [6.45, 7) is 3.08. The predicted octanol–water partition coefficient (Wildman–Crippen LogP) is 2.80. The fourth-order valence-corrected chi connectivity index (χ4v) is 4.47. The van der Waals surface area contributed by atoms with E-state index in [-0.39, 0.29) is 10.7 Å². The van der Waals surface area contributed by atoms with Crippen LogP contribution >= 0.6 is 0 Å². The summed E-state index contributed by atoms with van der Waals surface area (Å²) in [5.74, 6) is -0.988. The van der Waals surface area contributed by atoms with E-state index in [1.807, 2.05) is 0 Å². The zero-order valence-corrected chi connectivity index (χ0v) is 16.7. The van der Waals surface area contributed by atoms with Gasteiger partial charge in [0.2, 0.25) is 5.54 Å². The number of hydrogen-bond donors (Lipinski definition) is 2. The first kappa shape index (κ1) is 20.6. The van der Waals surface area contributed by atoms with Gasteiger partial charge in [-0.15, -0.1) is 0 Å². The number of methoxy groups -OCH3 is 2. The second kappa shape index (κ2) is 7.36. The quantitative estimate of drug-likeness (QED) is 0.451. The zero-order chi connectivity index (χ0) is 21.4. The van der Waals surface area contributed by atoms with Gasteiger partial charge in [0, 0.05) is 17.4 Å². The molecule has 29 heavy (non-hydrogen) atoms. The Morgan fingerprint density at radius 1 is 1.14 bits per heavy atom. The summed E-state index contributed by atoms with van der Waals surface area (Å²) < 4.78 is 10.2. The Balaban J connectivity index is 2.26. The van der Waals surface area contributed by atoms with E-state index in [1.54, 1.807) is 49.4 Å². The summed E-state index contributed by atoms with van der Waals surface area (Å²) in [6.07, 6.45) is 0. The van der Waals surface area contributed by atoms with Gasteiger partial charge in [0.1, 0.15) is 23.1 Å². The van der Waals surface area contributed by atoms with Crippen LogP contribution in [0.15, 0.2) is 48.5 Å². The first-order chi connectivity index (χ1) is 13.7. The smallest absolute Gasteiger partial charge is 0.326 e. The minimum absolute atomic E-state index is 0.0827. The van der Waals surface area contributed by atoms with Crippen molar-refractivity contribution in [3.8, 4) is 11.5 Å². The van der Waals surface area contributed by atoms with Crippen LogP contribution in [0.1, 0.15) is 36.9 Å². The summed E-state index contributed by atoms with van der Waals surface area (Å²) in [5.41, 5.74) is -2.13. The number of carbonyl (C=O) groups is 1. The molecular formula is C21H24N2O6. The van der Waals surface area contributed by atoms with Crippen molar-refractivity contribution in [3.05, 3.63) is 69.8 Å². The topological polar surface area (TPSA) is 111 Å². The van der Waals surface area contributed by atoms with Crippen molar-refractivity contribution in [2.45, 2.75) is 36.9 Å². The molecule has 1 aliphatic rings. The van der Waals surface area contributed by atoms with Crippen molar-refractivity contribution in [3.63, 3.8) is 0 Å². The average Bonchev–Trinajstić information content (AvgIpc) is 2.97. The third-order valence-electron chi connectivity index (χ3n) is 5.89. The molecule has 3 rings (SSSR count). The van der Waals surface area contributed by atoms with Gasteiger partial charge >= 0.3 is 5.97 Å². The number of carbonyl (C=O) groups excluding carboxylic acids is 1. The molecule has 8 heteroatoms. The van der Waals surface area contributed by atoms with E-state index in [9.17, 15) is 20.0 Å². The molecule has 1 fully saturated rings. The molecular weight excluding hydrogens is 376 g/mol. The highest BCUT2D eigenvalue weighted by atomic mass is 16.6. The first-order valence-electron chi connectivity index (χ1n) is 9.12. The van der Waals surface area contributed by atoms with E-state index in [4.69, 9.17) is 9.47 Å². The van der Waals surface area contributed by atoms with Gasteiger partial charge in [0.05, 0.1) is 20.1 Å². The number of phenols is 1. The minimum atomic E-state index is -1.66. The number of benzene rings is 2. The molecule has 0 unspecified atom stereocenters. The third-order valence-corrected chi connectivity index (χ3v) is 5.89. The number of rotatable bonds is 5. The van der Waals surface area contributed by atoms with E-state index in [1.165, 1.54) is 27.2 Å². The van der Waals surface area contributed by atoms with E-state index in [2.05, 4.69) is 5.32 Å². The zero-order valence-electron chi connectivity index (χ0n) is 16.7. The van der Waals surface area contributed by atoms with Crippen molar-refractivity contribution in [2.75, 3.05) is 14.2 Å². The summed E-state index contributed by atoms with van der Waals surface area (Å²) >= 11 is 0. The number of nitrogens with zero attached hydrogens (tertiary/aromatic N) is 1. The lowest BCUT2D eigenvalue weighted by atomic mass is 9.70. The van der Waals surface area contributed by atoms with Gasteiger partial charge in [-0.25, -0.2) is 0 Å². The number of ether oxygens (including phenoxy) is 2. The Morgan fingerprint density at radius 3 is 2.28 bits per heavy atom. The van der Waals surface area contributed by atoms with Crippen LogP contribution in [0, 0.1) is 10.1 Å². The highest BCUT2D eigenvalue weighted by Crippen LogP contribution is 2.54. The second-order valence-electron chi connectivity index (χ2n) is 7.52. The number of phenolic OH excluding ortho intramolecular Hbond substituents is 1. The van der Waals surface area contributed by atoms with E-state index >= 15 is 0 Å². The summed E-state index contributed by atoms with van der Waals surface area (Å²) in [4.78, 5) is 24.9. The van der Waals surface area contributed by atoms with Crippen LogP contribution < -0.4 is 10.1 Å². The van der Waals surface area contributed by atoms with Crippen molar-refractivity contribution in [1.29, 1.82) is 0 Å². The Kier molecular flexibility index (Phi) is 5.23. The molecule has 154 valence electrons. The maximum Gasteiger partial charge on any atom is 0.326 e. The monoisotopic (exact) mass is 400 g/mol. The summed E-state index contributed by atoms with van der Waals surface area (Å²) in [7, 11) is 2.78. The van der Waals surface area contributed by atoms with Crippen LogP contribution in [0.4, 0.5) is 0 Å². The van der Waals surface area contributed by atoms with Crippen molar-refractivity contribution < 1.29 is 24.3 Å². The molecule has 2 N–H and O–H groups in total. The van der Waals surface area contributed by atoms with Crippen molar-refractivity contribution in [1.82, 2.24) is 5.32 Å². The molecule has 0 spiro atoms. The highest BCUT2D eigenvalue weighted by molar-refractivity contribution is 5.83. The van der Waals surface area contributed by atoms with Gasteiger partial charge in [0.25, 0.3) is 0 Å². The molecule has 0 bridgehead atoms. The van der Waals surface area contributed by atoms with Crippen LogP contribution in [-0.4, -0.2) is 41.3 Å². The lowest BCUT2D eigenvalue weighted by Gasteiger charge is -2.32. The molecule has 0 aromatic heterocycles. The minimum Gasteiger partial charge on any atom is -0.508 e. The third kappa shape index (κ3) is 3.09. The number of nitrogens with one attached hydrogen (secondary N) is 1. The molecule has 0 amide bonds. The van der Waals surface area contributed by atoms with Crippen molar-refractivity contribution in [2.24, 2.45) is 0 Å². The SMILES string of the molecule is COC(=O)[C@@]1(C)N[C@@H](c2ccccc2O)[C@](C)([N+](=O)[O-])[C@H]1c1ccc(OC)cc1. The van der Waals surface area contributed by atoms with Crippen molar-refractivity contribution >= 4 is 5.97 Å². The molecule has 1 saturated heterocycles. The van der Waals surface area contributed by atoms with Crippen LogP contribution in [0.5, 0.6) is 11.5 Å². The standard InChI is InChI=1S/C21H24N2O6/c1-20(19(25)29-4)17(13-9-11-14(28-3)12-10-13)21(2,23(26)27)18(22-20)15-7-5-6-8-16(15)24/h5-12,17-18,22,24H,1-4H3/t17-,18-,20-,21+/m0/s1. The van der Waals surface area contributed by atoms with Crippen LogP contribution in [-0.2, 0) is 9.53 Å². The van der Waals surface area contributed by atoms with Gasteiger partial charge in [-0.05, 0) is 30.7 Å². The predicted molar refractivity (Wildman–Crippen MR) is 106 cm³/mol. The molecule has 2 aromatic carbocycles. The maximum atomic E-state index is 12.8. The van der Waals surface area contributed by atoms with E-state index < -0.39 is 29.0 Å². The molecule has 0 radical (unpaired) electrons. The molecule has 0 saturated carbocycles. The highest BCUT2D eigenvalue weighted by Gasteiger charge is 2.70. The Morgan fingerprint density at radius 2 is 1.76 bits per heavy atom. The average molecular weight is 400 g/mol. The number of para-hydroxylation sites is 1. The van der Waals surface area contributed by atoms with Gasteiger partial charge in [0.15, 0.2) is 0 Å². The van der Waals surface area contributed by atoms with Gasteiger partial charge in [-0.3, -0.25) is 20.2 Å². The fraction of sp³-hybridized carbons (Fsp3) is 0.381. The molecule has 8 nitrogen and oxygen atoms in total. The molecule has 2 aromatic rings. The van der Waals surface area contributed by atoms with Crippen LogP contribution in [0.25, 0.3) is 0 Å². The fourth-order valence-electron chi connectivity index (χ4n) is 4.47. The molecule has 4 atom stereocenters. The summed E-state index contributed by atoms with van der Waals surface area (Å²) in [6, 6.07) is 12.3. The Labute approximate surface area is 168 Å². The lowest BCUT2D eigenvalue weighted by molar-refractivity contribution is -0.571. The number of esters is 1.